The van der Waals surface area contributed by atoms with Crippen LogP contribution in [0.4, 0.5) is 13.2 Å². The highest BCUT2D eigenvalue weighted by atomic mass is 79.9. The lowest BCUT2D eigenvalue weighted by molar-refractivity contribution is -0.136. The van der Waals surface area contributed by atoms with Crippen molar-refractivity contribution in [3.63, 3.8) is 0 Å². The second kappa shape index (κ2) is 6.63. The van der Waals surface area contributed by atoms with Gasteiger partial charge in [-0.2, -0.15) is 17.5 Å². The number of hydrogen-bond donors (Lipinski definition) is 1. The van der Waals surface area contributed by atoms with Gasteiger partial charge in [0.15, 0.2) is 0 Å². The van der Waals surface area contributed by atoms with Crippen LogP contribution in [0.25, 0.3) is 0 Å². The fraction of sp³-hybridized carbons (Fsp3) is 0.500. The van der Waals surface area contributed by atoms with Crippen molar-refractivity contribution in [3.05, 3.63) is 14.7 Å². The van der Waals surface area contributed by atoms with Crippen LogP contribution < -0.4 is 0 Å². The topological polar surface area (TPSA) is 74.7 Å². The molecule has 0 unspecified atom stereocenters. The molecule has 0 aromatic carbocycles. The van der Waals surface area contributed by atoms with E-state index < -0.39 is 33.6 Å². The summed E-state index contributed by atoms with van der Waals surface area (Å²) in [4.78, 5) is 10.1. The van der Waals surface area contributed by atoms with Crippen LogP contribution >= 0.6 is 27.3 Å². The molecule has 0 amide bonds. The normalized spacial score (nSPS) is 12.9. The zero-order chi connectivity index (χ0) is 16.4. The van der Waals surface area contributed by atoms with Crippen LogP contribution in [0.3, 0.4) is 0 Å². The number of hydrogen-bond acceptors (Lipinski definition) is 4. The molecule has 120 valence electrons. The molecule has 0 radical (unpaired) electrons. The van der Waals surface area contributed by atoms with Gasteiger partial charge in [0.1, 0.15) is 16.3 Å². The number of carboxylic acid groups (broad SMARTS) is 1. The molecule has 0 aliphatic heterocycles. The molecule has 1 N–H and O–H groups in total. The first-order valence-corrected chi connectivity index (χ1v) is 8.63. The molecule has 0 atom stereocenters. The molecule has 1 aromatic heterocycles. The van der Waals surface area contributed by atoms with Gasteiger partial charge in [-0.1, -0.05) is 6.92 Å². The van der Waals surface area contributed by atoms with Crippen molar-refractivity contribution in [3.8, 4) is 0 Å². The Bertz CT molecular complexity index is 627. The largest absolute Gasteiger partial charge is 0.477 e. The predicted molar refractivity (Wildman–Crippen MR) is 74.1 cm³/mol. The van der Waals surface area contributed by atoms with E-state index in [1.54, 1.807) is 6.92 Å². The maximum absolute atomic E-state index is 12.5. The number of rotatable bonds is 6. The fourth-order valence-electron chi connectivity index (χ4n) is 1.51. The van der Waals surface area contributed by atoms with Gasteiger partial charge in [-0.15, -0.1) is 11.3 Å². The number of sulfonamides is 1. The molecule has 0 bridgehead atoms. The minimum Gasteiger partial charge on any atom is -0.477 e. The highest BCUT2D eigenvalue weighted by molar-refractivity contribution is 9.11. The van der Waals surface area contributed by atoms with Crippen LogP contribution in [0.5, 0.6) is 0 Å². The molecule has 11 heteroatoms. The summed E-state index contributed by atoms with van der Waals surface area (Å²) in [7, 11) is -4.43. The summed E-state index contributed by atoms with van der Waals surface area (Å²) in [5.74, 6) is -1.35. The maximum Gasteiger partial charge on any atom is 0.402 e. The van der Waals surface area contributed by atoms with Crippen LogP contribution in [0, 0.1) is 0 Å². The summed E-state index contributed by atoms with van der Waals surface area (Å²) in [6.07, 6.45) is -4.48. The number of aromatic carboxylic acids is 1. The second-order valence-corrected chi connectivity index (χ2v) is 8.28. The van der Waals surface area contributed by atoms with Crippen LogP contribution in [-0.4, -0.2) is 43.1 Å². The zero-order valence-corrected chi connectivity index (χ0v) is 13.9. The van der Waals surface area contributed by atoms with Crippen molar-refractivity contribution in [2.45, 2.75) is 24.4 Å². The number of halogens is 4. The van der Waals surface area contributed by atoms with Gasteiger partial charge in [0.25, 0.3) is 0 Å². The number of alkyl halides is 3. The van der Waals surface area contributed by atoms with Crippen LogP contribution in [0.15, 0.2) is 14.7 Å². The monoisotopic (exact) mass is 409 g/mol. The number of carboxylic acids is 1. The van der Waals surface area contributed by atoms with E-state index in [1.807, 2.05) is 0 Å². The van der Waals surface area contributed by atoms with E-state index in [4.69, 9.17) is 5.11 Å². The fourth-order valence-corrected chi connectivity index (χ4v) is 5.38. The minimum atomic E-state index is -4.68. The molecule has 21 heavy (non-hydrogen) atoms. The van der Waals surface area contributed by atoms with Gasteiger partial charge in [0, 0.05) is 6.54 Å². The van der Waals surface area contributed by atoms with E-state index in [0.717, 1.165) is 6.07 Å². The zero-order valence-electron chi connectivity index (χ0n) is 10.6. The lowest BCUT2D eigenvalue weighted by Crippen LogP contribution is -2.39. The molecule has 0 saturated heterocycles. The summed E-state index contributed by atoms with van der Waals surface area (Å²) in [5.41, 5.74) is 0. The van der Waals surface area contributed by atoms with E-state index in [0.29, 0.717) is 15.6 Å². The van der Waals surface area contributed by atoms with Gasteiger partial charge in [-0.05, 0) is 28.4 Å². The van der Waals surface area contributed by atoms with E-state index >= 15 is 0 Å². The molecule has 0 aliphatic rings. The van der Waals surface area contributed by atoms with E-state index in [2.05, 4.69) is 15.9 Å². The molecule has 1 rings (SSSR count). The van der Waals surface area contributed by atoms with Crippen molar-refractivity contribution in [2.75, 3.05) is 13.1 Å². The molecular formula is C10H11BrF3NO4S2. The molecule has 0 saturated carbocycles. The van der Waals surface area contributed by atoms with Crippen molar-refractivity contribution >= 4 is 43.3 Å². The highest BCUT2D eigenvalue weighted by Crippen LogP contribution is 2.34. The van der Waals surface area contributed by atoms with Gasteiger partial charge in [-0.25, -0.2) is 13.2 Å². The SMILES string of the molecule is CCCN(CC(F)(F)F)S(=O)(=O)c1cc(C(=O)O)sc1Br. The third kappa shape index (κ3) is 4.66. The first-order chi connectivity index (χ1) is 9.49. The van der Waals surface area contributed by atoms with Crippen LogP contribution in [0.2, 0.25) is 0 Å². The molecular weight excluding hydrogens is 399 g/mol. The predicted octanol–water partition coefficient (Wildman–Crippen LogP) is 3.17. The first kappa shape index (κ1) is 18.4. The van der Waals surface area contributed by atoms with Crippen molar-refractivity contribution in [2.24, 2.45) is 0 Å². The summed E-state index contributed by atoms with van der Waals surface area (Å²) < 4.78 is 62.3. The van der Waals surface area contributed by atoms with Crippen molar-refractivity contribution in [1.29, 1.82) is 0 Å². The van der Waals surface area contributed by atoms with E-state index in [-0.39, 0.29) is 21.6 Å². The Balaban J connectivity index is 3.25. The first-order valence-electron chi connectivity index (χ1n) is 5.58. The number of nitrogens with zero attached hydrogens (tertiary/aromatic N) is 1. The van der Waals surface area contributed by atoms with Gasteiger partial charge >= 0.3 is 12.1 Å². The average Bonchev–Trinajstić information content (AvgIpc) is 2.70. The van der Waals surface area contributed by atoms with E-state index in [1.165, 1.54) is 0 Å². The Kier molecular flexibility index (Phi) is 5.81. The Labute approximate surface area is 131 Å². The van der Waals surface area contributed by atoms with Gasteiger partial charge in [-0.3, -0.25) is 0 Å². The Morgan fingerprint density at radius 1 is 1.48 bits per heavy atom. The smallest absolute Gasteiger partial charge is 0.402 e. The number of thiophene rings is 1. The van der Waals surface area contributed by atoms with Crippen LogP contribution in [0.1, 0.15) is 23.0 Å². The van der Waals surface area contributed by atoms with Gasteiger partial charge < -0.3 is 5.11 Å². The third-order valence-corrected chi connectivity index (χ3v) is 6.40. The third-order valence-electron chi connectivity index (χ3n) is 2.31. The summed E-state index contributed by atoms with van der Waals surface area (Å²) in [6, 6.07) is 0.853. The van der Waals surface area contributed by atoms with Crippen LogP contribution in [-0.2, 0) is 10.0 Å². The summed E-state index contributed by atoms with van der Waals surface area (Å²) in [5, 5.41) is 8.82. The minimum absolute atomic E-state index is 0.0387. The van der Waals surface area contributed by atoms with E-state index in [9.17, 15) is 26.4 Å². The molecule has 1 aromatic rings. The van der Waals surface area contributed by atoms with Gasteiger partial charge in [0.05, 0.1) is 3.79 Å². The highest BCUT2D eigenvalue weighted by Gasteiger charge is 2.38. The molecule has 0 fully saturated rings. The Morgan fingerprint density at radius 3 is 2.43 bits per heavy atom. The second-order valence-electron chi connectivity index (χ2n) is 4.01. The summed E-state index contributed by atoms with van der Waals surface area (Å²) >= 11 is 3.52. The summed E-state index contributed by atoms with van der Waals surface area (Å²) in [6.45, 7) is -0.384. The van der Waals surface area contributed by atoms with Crippen molar-refractivity contribution < 1.29 is 31.5 Å². The standard InChI is InChI=1S/C10H11BrF3NO4S2/c1-2-3-15(5-10(12,13)14)21(18,19)7-4-6(9(16)17)20-8(7)11/h4H,2-3,5H2,1H3,(H,16,17). The Morgan fingerprint density at radius 2 is 2.05 bits per heavy atom. The molecule has 5 nitrogen and oxygen atoms in total. The maximum atomic E-state index is 12.5. The van der Waals surface area contributed by atoms with Crippen molar-refractivity contribution in [1.82, 2.24) is 4.31 Å². The average molecular weight is 410 g/mol. The molecule has 0 spiro atoms. The van der Waals surface area contributed by atoms with Gasteiger partial charge in [0.2, 0.25) is 10.0 Å². The molecule has 0 aliphatic carbocycles. The quantitative estimate of drug-likeness (QED) is 0.782. The number of carbonyl (C=O) groups is 1. The Hall–Kier alpha value is -0.650. The molecule has 1 heterocycles. The lowest BCUT2D eigenvalue weighted by atomic mass is 10.5. The lowest BCUT2D eigenvalue weighted by Gasteiger charge is -2.22.